The number of nitrogens with one attached hydrogen (secondary N) is 5. The molecule has 2 atom stereocenters. The molecule has 2 rings (SSSR count). The van der Waals surface area contributed by atoms with Crippen molar-refractivity contribution in [2.24, 2.45) is 10.7 Å². The number of carbonyl (C=O) groups excluding carboxylic acids is 4. The number of guanidine groups is 1. The topological polar surface area (TPSA) is 229 Å². The van der Waals surface area contributed by atoms with Gasteiger partial charge in [0.05, 0.1) is 11.4 Å². The van der Waals surface area contributed by atoms with Gasteiger partial charge in [-0.3, -0.25) is 9.59 Å². The predicted octanol–water partition coefficient (Wildman–Crippen LogP) is 3.29. The highest BCUT2D eigenvalue weighted by Crippen LogP contribution is 2.43. The molecule has 0 fully saturated rings. The van der Waals surface area contributed by atoms with Crippen molar-refractivity contribution in [2.45, 2.75) is 136 Å². The standard InChI is InChI=1S/C36H59N7O9S/c1-21-22(2)28(23(3)25-19-36(11,12)50-27(21)25)53(48,49)43-31(37)40-20-26(42-33(47)52-35(8,9)10)30(45)39-18-16-14-13-15-17-38-29(44)24(4)41-32(46)51-34(5,6)7/h13-14,24,26H,15-20H2,1-12H3,(H,38,44)(H,39,45)(H,41,46)(H,42,47)(H3,37,40,43)/b14-13-/t24-,26-/m0/s1. The van der Waals surface area contributed by atoms with Gasteiger partial charge in [-0.2, -0.15) is 0 Å². The van der Waals surface area contributed by atoms with Gasteiger partial charge in [0.15, 0.2) is 0 Å². The second-order valence-electron chi connectivity index (χ2n) is 15.6. The Kier molecular flexibility index (Phi) is 15.1. The van der Waals surface area contributed by atoms with Crippen LogP contribution >= 0.6 is 0 Å². The number of sulfonamides is 1. The van der Waals surface area contributed by atoms with Crippen LogP contribution in [-0.2, 0) is 35.5 Å². The number of nitrogens with two attached hydrogens (primary N) is 1. The summed E-state index contributed by atoms with van der Waals surface area (Å²) in [5, 5.41) is 10.4. The molecule has 17 heteroatoms. The minimum absolute atomic E-state index is 0.0783. The summed E-state index contributed by atoms with van der Waals surface area (Å²) in [5.74, 6) is -0.731. The summed E-state index contributed by atoms with van der Waals surface area (Å²) in [6.45, 7) is 21.0. The quantitative estimate of drug-likeness (QED) is 0.0701. The van der Waals surface area contributed by atoms with Crippen molar-refractivity contribution in [1.82, 2.24) is 26.0 Å². The lowest BCUT2D eigenvalue weighted by molar-refractivity contribution is -0.123. The number of nitrogens with zero attached hydrogens (tertiary/aromatic N) is 1. The smallest absolute Gasteiger partial charge is 0.408 e. The number of hydrogen-bond donors (Lipinski definition) is 6. The van der Waals surface area contributed by atoms with Gasteiger partial charge in [-0.05, 0) is 113 Å². The fraction of sp³-hybridized carbons (Fsp3) is 0.639. The number of alkyl carbamates (subject to hydrolysis) is 2. The van der Waals surface area contributed by atoms with Gasteiger partial charge in [-0.15, -0.1) is 0 Å². The SMILES string of the molecule is Cc1c(C)c(S(=O)(=O)NC(N)=NC[C@H](NC(=O)OC(C)(C)C)C(=O)NCC/C=C\CCNC(=O)[C@H](C)NC(=O)OC(C)(C)C)c(C)c2c1OC(C)(C)C2. The van der Waals surface area contributed by atoms with Crippen molar-refractivity contribution in [1.29, 1.82) is 0 Å². The third-order valence-electron chi connectivity index (χ3n) is 7.76. The molecule has 7 N–H and O–H groups in total. The molecule has 0 saturated heterocycles. The summed E-state index contributed by atoms with van der Waals surface area (Å²) < 4.78 is 46.1. The van der Waals surface area contributed by atoms with Crippen LogP contribution in [0.15, 0.2) is 22.0 Å². The van der Waals surface area contributed by atoms with E-state index in [4.69, 9.17) is 19.9 Å². The van der Waals surface area contributed by atoms with Gasteiger partial charge in [0.2, 0.25) is 17.8 Å². The highest BCUT2D eigenvalue weighted by Gasteiger charge is 2.37. The minimum atomic E-state index is -4.19. The molecule has 0 bridgehead atoms. The normalized spacial score (nSPS) is 15.4. The van der Waals surface area contributed by atoms with Crippen molar-refractivity contribution in [3.8, 4) is 5.75 Å². The van der Waals surface area contributed by atoms with E-state index in [1.807, 2.05) is 32.9 Å². The zero-order valence-corrected chi connectivity index (χ0v) is 34.0. The molecule has 53 heavy (non-hydrogen) atoms. The Hall–Kier alpha value is -4.54. The fourth-order valence-electron chi connectivity index (χ4n) is 5.32. The lowest BCUT2D eigenvalue weighted by atomic mass is 9.94. The van der Waals surface area contributed by atoms with Crippen LogP contribution in [0.4, 0.5) is 9.59 Å². The van der Waals surface area contributed by atoms with E-state index < -0.39 is 63.0 Å². The summed E-state index contributed by atoms with van der Waals surface area (Å²) in [6.07, 6.45) is 3.56. The van der Waals surface area contributed by atoms with Crippen molar-refractivity contribution in [3.05, 3.63) is 34.4 Å². The molecule has 1 aliphatic heterocycles. The Labute approximate surface area is 313 Å². The molecule has 0 saturated carbocycles. The molecule has 0 unspecified atom stereocenters. The van der Waals surface area contributed by atoms with Gasteiger partial charge in [0, 0.05) is 25.1 Å². The second kappa shape index (κ2) is 18.0. The average Bonchev–Trinajstić information content (AvgIpc) is 3.32. The number of carbonyl (C=O) groups is 4. The van der Waals surface area contributed by atoms with E-state index in [9.17, 15) is 27.6 Å². The van der Waals surface area contributed by atoms with Crippen molar-refractivity contribution >= 4 is 40.0 Å². The molecular formula is C36H59N7O9S. The van der Waals surface area contributed by atoms with Gasteiger partial charge in [0.25, 0.3) is 10.0 Å². The molecule has 0 aliphatic carbocycles. The maximum atomic E-state index is 13.6. The number of aliphatic imine (C=N–C) groups is 1. The maximum Gasteiger partial charge on any atom is 0.408 e. The number of fused-ring (bicyclic) bond motifs is 1. The molecule has 1 aromatic rings. The molecule has 1 aromatic carbocycles. The third kappa shape index (κ3) is 14.4. The number of rotatable bonds is 14. The summed E-state index contributed by atoms with van der Waals surface area (Å²) in [7, 11) is -4.19. The first-order valence-corrected chi connectivity index (χ1v) is 19.0. The Balaban J connectivity index is 2.00. The highest BCUT2D eigenvalue weighted by atomic mass is 32.2. The highest BCUT2D eigenvalue weighted by molar-refractivity contribution is 7.90. The van der Waals surface area contributed by atoms with Crippen LogP contribution in [0.2, 0.25) is 0 Å². The summed E-state index contributed by atoms with van der Waals surface area (Å²) in [5.41, 5.74) is 6.63. The minimum Gasteiger partial charge on any atom is -0.487 e. The first-order valence-electron chi connectivity index (χ1n) is 17.6. The lowest BCUT2D eigenvalue weighted by Crippen LogP contribution is -2.50. The van der Waals surface area contributed by atoms with Crippen LogP contribution < -0.4 is 36.5 Å². The van der Waals surface area contributed by atoms with Gasteiger partial charge in [-0.1, -0.05) is 12.2 Å². The predicted molar refractivity (Wildman–Crippen MR) is 202 cm³/mol. The average molecular weight is 766 g/mol. The molecule has 0 aromatic heterocycles. The molecule has 4 amide bonds. The number of ether oxygens (including phenoxy) is 3. The van der Waals surface area contributed by atoms with Crippen LogP contribution in [0.25, 0.3) is 0 Å². The van der Waals surface area contributed by atoms with Crippen LogP contribution in [0.1, 0.15) is 97.4 Å². The van der Waals surface area contributed by atoms with E-state index in [2.05, 4.69) is 31.0 Å². The monoisotopic (exact) mass is 765 g/mol. The largest absolute Gasteiger partial charge is 0.487 e. The van der Waals surface area contributed by atoms with Crippen LogP contribution in [0.5, 0.6) is 5.75 Å². The summed E-state index contributed by atoms with van der Waals surface area (Å²) in [6, 6.07) is -2.02. The molecule has 0 spiro atoms. The summed E-state index contributed by atoms with van der Waals surface area (Å²) in [4.78, 5) is 54.0. The summed E-state index contributed by atoms with van der Waals surface area (Å²) >= 11 is 0. The van der Waals surface area contributed by atoms with Crippen molar-refractivity contribution in [3.63, 3.8) is 0 Å². The molecule has 16 nitrogen and oxygen atoms in total. The third-order valence-corrected chi connectivity index (χ3v) is 9.39. The van der Waals surface area contributed by atoms with E-state index in [1.165, 1.54) is 0 Å². The molecule has 298 valence electrons. The fourth-order valence-corrected chi connectivity index (χ4v) is 6.85. The molecular weight excluding hydrogens is 707 g/mol. The number of amides is 4. The molecule has 1 aliphatic rings. The van der Waals surface area contributed by atoms with Crippen LogP contribution in [0, 0.1) is 20.8 Å². The Morgan fingerprint density at radius 2 is 1.38 bits per heavy atom. The van der Waals surface area contributed by atoms with Gasteiger partial charge < -0.3 is 41.2 Å². The van der Waals surface area contributed by atoms with E-state index in [0.29, 0.717) is 48.2 Å². The van der Waals surface area contributed by atoms with Gasteiger partial charge in [0.1, 0.15) is 34.6 Å². The number of hydrogen-bond acceptors (Lipinski definition) is 10. The Morgan fingerprint density at radius 1 is 0.868 bits per heavy atom. The first kappa shape index (κ1) is 44.6. The van der Waals surface area contributed by atoms with Crippen molar-refractivity contribution < 1.29 is 41.8 Å². The molecule has 0 radical (unpaired) electrons. The Bertz CT molecular complexity index is 1690. The number of benzene rings is 1. The van der Waals surface area contributed by atoms with Crippen molar-refractivity contribution in [2.75, 3.05) is 19.6 Å². The van der Waals surface area contributed by atoms with E-state index in [0.717, 1.165) is 5.56 Å². The maximum absolute atomic E-state index is 13.6. The van der Waals surface area contributed by atoms with Gasteiger partial charge in [-0.25, -0.2) is 27.7 Å². The molecule has 1 heterocycles. The van der Waals surface area contributed by atoms with Crippen LogP contribution in [-0.4, -0.2) is 86.9 Å². The zero-order chi connectivity index (χ0) is 40.5. The van der Waals surface area contributed by atoms with Crippen LogP contribution in [0.3, 0.4) is 0 Å². The second-order valence-corrected chi connectivity index (χ2v) is 17.2. The lowest BCUT2D eigenvalue weighted by Gasteiger charge is -2.23. The van der Waals surface area contributed by atoms with E-state index >= 15 is 0 Å². The first-order chi connectivity index (χ1) is 24.2. The van der Waals surface area contributed by atoms with Gasteiger partial charge >= 0.3 is 12.2 Å². The Morgan fingerprint density at radius 3 is 1.91 bits per heavy atom. The van der Waals surface area contributed by atoms with E-state index in [-0.39, 0.29) is 23.9 Å². The van der Waals surface area contributed by atoms with E-state index in [1.54, 1.807) is 62.3 Å². The zero-order valence-electron chi connectivity index (χ0n) is 33.2.